The van der Waals surface area contributed by atoms with Crippen LogP contribution in [0.4, 0.5) is 28.9 Å². The van der Waals surface area contributed by atoms with Crippen molar-refractivity contribution in [3.05, 3.63) is 145 Å². The van der Waals surface area contributed by atoms with Gasteiger partial charge in [0.1, 0.15) is 46.9 Å². The molecule has 56 heavy (non-hydrogen) atoms. The SMILES string of the molecule is C=CCN(C(=O)[C@H](Cc1cc(F)cc(F)c1)NS(=O)(=O)CS(=O)(=O)N[C@@H](Cc1cc(F)cc(F)c1)C(=O)N(CC=C)c1ccc(OC)cc1)c1ccc(O)cc1. The first-order chi connectivity index (χ1) is 26.4. The number of carbonyl (C=O) groups is 2. The first kappa shape index (κ1) is 43.2. The minimum absolute atomic E-state index is 0.151. The van der Waals surface area contributed by atoms with Crippen LogP contribution >= 0.6 is 0 Å². The van der Waals surface area contributed by atoms with Crippen molar-refractivity contribution in [2.24, 2.45) is 0 Å². The maximum absolute atomic E-state index is 14.2. The van der Waals surface area contributed by atoms with Gasteiger partial charge in [-0.3, -0.25) is 9.59 Å². The molecule has 0 aliphatic carbocycles. The lowest BCUT2D eigenvalue weighted by atomic mass is 10.0. The first-order valence-corrected chi connectivity index (χ1v) is 19.9. The number of aromatic hydroxyl groups is 1. The number of nitrogens with zero attached hydrogens (tertiary/aromatic N) is 2. The summed E-state index contributed by atoms with van der Waals surface area (Å²) in [6, 6.07) is 12.1. The van der Waals surface area contributed by atoms with E-state index in [1.54, 1.807) is 0 Å². The summed E-state index contributed by atoms with van der Waals surface area (Å²) < 4.78 is 121. The number of methoxy groups -OCH3 is 1. The molecule has 2 amide bonds. The minimum Gasteiger partial charge on any atom is -0.508 e. The Bertz CT molecular complexity index is 2240. The molecule has 0 bridgehead atoms. The maximum Gasteiger partial charge on any atom is 0.245 e. The Morgan fingerprint density at radius 1 is 0.679 bits per heavy atom. The lowest BCUT2D eigenvalue weighted by molar-refractivity contribution is -0.120. The van der Waals surface area contributed by atoms with Crippen LogP contribution in [0.25, 0.3) is 0 Å². The Kier molecular flexibility index (Phi) is 14.5. The average Bonchev–Trinajstić information content (AvgIpc) is 3.11. The predicted molar refractivity (Wildman–Crippen MR) is 203 cm³/mol. The fourth-order valence-corrected chi connectivity index (χ4v) is 9.08. The Balaban J connectivity index is 1.69. The lowest BCUT2D eigenvalue weighted by Crippen LogP contribution is -2.53. The molecule has 0 aliphatic heterocycles. The van der Waals surface area contributed by atoms with E-state index in [9.17, 15) is 49.1 Å². The van der Waals surface area contributed by atoms with Crippen LogP contribution in [0, 0.1) is 23.3 Å². The van der Waals surface area contributed by atoms with E-state index in [2.05, 4.69) is 13.2 Å². The molecule has 0 saturated heterocycles. The van der Waals surface area contributed by atoms with E-state index in [-0.39, 0.29) is 41.3 Å². The van der Waals surface area contributed by atoms with Crippen molar-refractivity contribution < 1.29 is 53.8 Å². The number of ether oxygens (including phenoxy) is 1. The number of phenols is 1. The fourth-order valence-electron chi connectivity index (χ4n) is 5.67. The molecule has 3 N–H and O–H groups in total. The monoisotopic (exact) mass is 818 g/mol. The lowest BCUT2D eigenvalue weighted by Gasteiger charge is -2.28. The summed E-state index contributed by atoms with van der Waals surface area (Å²) in [5.74, 6) is -5.77. The number of amides is 2. The van der Waals surface area contributed by atoms with Crippen molar-refractivity contribution in [1.29, 1.82) is 0 Å². The molecule has 0 saturated carbocycles. The molecule has 2 atom stereocenters. The van der Waals surface area contributed by atoms with Gasteiger partial charge in [0.15, 0.2) is 5.08 Å². The third-order valence-electron chi connectivity index (χ3n) is 7.98. The number of halogens is 4. The number of nitrogens with one attached hydrogen (secondary N) is 2. The molecule has 0 aromatic heterocycles. The van der Waals surface area contributed by atoms with Crippen LogP contribution in [-0.2, 0) is 42.5 Å². The number of carbonyl (C=O) groups excluding carboxylic acids is 2. The number of sulfonamides is 2. The van der Waals surface area contributed by atoms with Gasteiger partial charge in [0.25, 0.3) is 0 Å². The molecular weight excluding hydrogens is 781 g/mol. The maximum atomic E-state index is 14.2. The van der Waals surface area contributed by atoms with Crippen LogP contribution in [0.2, 0.25) is 0 Å². The highest BCUT2D eigenvalue weighted by molar-refractivity contribution is 8.06. The molecule has 0 heterocycles. The number of benzene rings is 4. The Morgan fingerprint density at radius 3 is 1.38 bits per heavy atom. The van der Waals surface area contributed by atoms with Gasteiger partial charge < -0.3 is 19.6 Å². The van der Waals surface area contributed by atoms with E-state index in [0.29, 0.717) is 17.9 Å². The second kappa shape index (κ2) is 18.9. The van der Waals surface area contributed by atoms with Gasteiger partial charge in [-0.1, -0.05) is 12.2 Å². The van der Waals surface area contributed by atoms with Gasteiger partial charge in [0.05, 0.1) is 7.11 Å². The fraction of sp³-hybridized carbons (Fsp3) is 0.211. The Labute approximate surface area is 321 Å². The van der Waals surface area contributed by atoms with Gasteiger partial charge in [-0.15, -0.1) is 13.2 Å². The van der Waals surface area contributed by atoms with E-state index in [1.807, 2.05) is 9.44 Å². The van der Waals surface area contributed by atoms with E-state index >= 15 is 0 Å². The number of hydrogen-bond donors (Lipinski definition) is 3. The second-order valence-electron chi connectivity index (χ2n) is 12.3. The van der Waals surface area contributed by atoms with Crippen molar-refractivity contribution in [2.45, 2.75) is 24.9 Å². The van der Waals surface area contributed by atoms with Crippen molar-refractivity contribution in [2.75, 3.05) is 35.1 Å². The van der Waals surface area contributed by atoms with Crippen molar-refractivity contribution in [3.63, 3.8) is 0 Å². The van der Waals surface area contributed by atoms with Gasteiger partial charge in [-0.25, -0.2) is 43.8 Å². The first-order valence-electron chi connectivity index (χ1n) is 16.6. The number of anilines is 2. The summed E-state index contributed by atoms with van der Waals surface area (Å²) in [6.45, 7) is 6.84. The van der Waals surface area contributed by atoms with Crippen LogP contribution in [0.3, 0.4) is 0 Å². The summed E-state index contributed by atoms with van der Waals surface area (Å²) in [7, 11) is -8.75. The molecule has 12 nitrogen and oxygen atoms in total. The third-order valence-corrected chi connectivity index (χ3v) is 11.7. The zero-order chi connectivity index (χ0) is 41.2. The van der Waals surface area contributed by atoms with Gasteiger partial charge >= 0.3 is 0 Å². The quantitative estimate of drug-likeness (QED) is 0.0906. The number of rotatable bonds is 19. The van der Waals surface area contributed by atoms with Crippen LogP contribution in [0.5, 0.6) is 11.5 Å². The van der Waals surface area contributed by atoms with Crippen LogP contribution in [0.1, 0.15) is 11.1 Å². The summed E-state index contributed by atoms with van der Waals surface area (Å²) in [5.41, 5.74) is 0.0881. The topological polar surface area (TPSA) is 162 Å². The molecule has 298 valence electrons. The normalized spacial score (nSPS) is 12.7. The standard InChI is InChI=1S/C38H38F4N4O8S2/c1-4-14-45(31-6-10-33(47)11-7-31)37(48)35(20-25-16-27(39)22-28(40)17-25)43-55(50,51)24-56(52,53)44-36(21-26-18-29(41)23-30(42)19-26)38(49)46(15-5-2)32-8-12-34(54-3)13-9-32/h4-13,16-19,22-23,35-36,43-44,47H,1-2,14-15,20-21,24H2,3H3/t35-,36-/m0/s1. The smallest absolute Gasteiger partial charge is 0.245 e. The Morgan fingerprint density at radius 2 is 1.04 bits per heavy atom. The van der Waals surface area contributed by atoms with Crippen molar-refractivity contribution in [3.8, 4) is 11.5 Å². The molecule has 0 fully saturated rings. The molecule has 0 aliphatic rings. The van der Waals surface area contributed by atoms with E-state index in [0.717, 1.165) is 34.1 Å². The summed E-state index contributed by atoms with van der Waals surface area (Å²) in [6.07, 6.45) is 1.34. The molecule has 4 aromatic rings. The van der Waals surface area contributed by atoms with Crippen LogP contribution in [-0.4, -0.2) is 71.1 Å². The van der Waals surface area contributed by atoms with E-state index in [1.165, 1.54) is 67.8 Å². The zero-order valence-electron chi connectivity index (χ0n) is 29.9. The highest BCUT2D eigenvalue weighted by atomic mass is 32.3. The van der Waals surface area contributed by atoms with E-state index in [4.69, 9.17) is 4.74 Å². The highest BCUT2D eigenvalue weighted by Crippen LogP contribution is 2.23. The molecule has 18 heteroatoms. The van der Waals surface area contributed by atoms with Crippen LogP contribution in [0.15, 0.2) is 110 Å². The molecule has 0 unspecified atom stereocenters. The van der Waals surface area contributed by atoms with E-state index < -0.39 is 85.1 Å². The Hall–Kier alpha value is -5.56. The van der Waals surface area contributed by atoms with Gasteiger partial charge in [-0.2, -0.15) is 0 Å². The van der Waals surface area contributed by atoms with Gasteiger partial charge in [0, 0.05) is 36.6 Å². The van der Waals surface area contributed by atoms with Crippen molar-refractivity contribution in [1.82, 2.24) is 9.44 Å². The number of phenolic OH excluding ortho intramolecular Hbond substituents is 1. The third kappa shape index (κ3) is 12.2. The van der Waals surface area contributed by atoms with Crippen LogP contribution < -0.4 is 24.0 Å². The number of hydrogen-bond acceptors (Lipinski definition) is 8. The summed E-state index contributed by atoms with van der Waals surface area (Å²) in [5, 5.41) is 7.98. The average molecular weight is 819 g/mol. The van der Waals surface area contributed by atoms with Gasteiger partial charge in [0.2, 0.25) is 31.9 Å². The largest absolute Gasteiger partial charge is 0.508 e. The second-order valence-corrected chi connectivity index (χ2v) is 16.2. The van der Waals surface area contributed by atoms with Crippen molar-refractivity contribution >= 4 is 43.2 Å². The summed E-state index contributed by atoms with van der Waals surface area (Å²) in [4.78, 5) is 30.2. The molecule has 0 spiro atoms. The predicted octanol–water partition coefficient (Wildman–Crippen LogP) is 4.71. The highest BCUT2D eigenvalue weighted by Gasteiger charge is 2.35. The summed E-state index contributed by atoms with van der Waals surface area (Å²) >= 11 is 0. The van der Waals surface area contributed by atoms with Gasteiger partial charge in [-0.05, 0) is 96.8 Å². The zero-order valence-corrected chi connectivity index (χ0v) is 31.5. The molecule has 4 rings (SSSR count). The minimum atomic E-state index is -5.09. The molecule has 4 aromatic carbocycles. The molecule has 0 radical (unpaired) electrons. The molecular formula is C38H38F4N4O8S2.